The molecule has 2 amide bonds. The van der Waals surface area contributed by atoms with Crippen LogP contribution in [0.4, 0.5) is 11.4 Å². The van der Waals surface area contributed by atoms with E-state index < -0.39 is 0 Å². The van der Waals surface area contributed by atoms with Gasteiger partial charge in [-0.15, -0.1) is 0 Å². The number of carbonyl (C=O) groups excluding carboxylic acids is 2. The van der Waals surface area contributed by atoms with E-state index in [1.54, 1.807) is 30.3 Å². The van der Waals surface area contributed by atoms with Gasteiger partial charge in [-0.2, -0.15) is 0 Å². The number of benzene rings is 2. The van der Waals surface area contributed by atoms with Crippen LogP contribution in [0.1, 0.15) is 12.0 Å². The van der Waals surface area contributed by atoms with Crippen LogP contribution >= 0.6 is 27.5 Å². The largest absolute Gasteiger partial charge is 0.484 e. The van der Waals surface area contributed by atoms with Gasteiger partial charge in [0, 0.05) is 16.6 Å². The molecule has 2 aromatic rings. The van der Waals surface area contributed by atoms with Gasteiger partial charge in [-0.3, -0.25) is 9.59 Å². The summed E-state index contributed by atoms with van der Waals surface area (Å²) in [6, 6.07) is 10.6. The average molecular weight is 410 g/mol. The minimum atomic E-state index is -0.301. The lowest BCUT2D eigenvalue weighted by Crippen LogP contribution is -2.21. The maximum Gasteiger partial charge on any atom is 0.262 e. The van der Waals surface area contributed by atoms with Crippen LogP contribution in [-0.4, -0.2) is 18.4 Å². The number of anilines is 2. The maximum atomic E-state index is 12.0. The van der Waals surface area contributed by atoms with Crippen molar-refractivity contribution in [2.45, 2.75) is 12.8 Å². The molecule has 0 saturated carbocycles. The second-order valence-corrected chi connectivity index (χ2v) is 6.65. The van der Waals surface area contributed by atoms with Crippen molar-refractivity contribution in [3.05, 3.63) is 51.5 Å². The topological polar surface area (TPSA) is 67.4 Å². The highest BCUT2D eigenvalue weighted by Gasteiger charge is 2.15. The number of aryl methyl sites for hydroxylation is 1. The van der Waals surface area contributed by atoms with E-state index in [1.165, 1.54) is 0 Å². The highest BCUT2D eigenvalue weighted by atomic mass is 79.9. The van der Waals surface area contributed by atoms with E-state index in [-0.39, 0.29) is 18.4 Å². The van der Waals surface area contributed by atoms with E-state index in [1.807, 2.05) is 6.07 Å². The fourth-order valence-electron chi connectivity index (χ4n) is 2.38. The summed E-state index contributed by atoms with van der Waals surface area (Å²) >= 11 is 9.37. The first-order valence-corrected chi connectivity index (χ1v) is 8.49. The van der Waals surface area contributed by atoms with Crippen LogP contribution in [0.25, 0.3) is 0 Å². The third kappa shape index (κ3) is 4.07. The molecule has 1 aliphatic rings. The smallest absolute Gasteiger partial charge is 0.262 e. The molecule has 0 aromatic heterocycles. The molecule has 0 radical (unpaired) electrons. The summed E-state index contributed by atoms with van der Waals surface area (Å²) in [5, 5.41) is 5.95. The van der Waals surface area contributed by atoms with Gasteiger partial charge >= 0.3 is 0 Å². The van der Waals surface area contributed by atoms with E-state index in [0.717, 1.165) is 15.7 Å². The lowest BCUT2D eigenvalue weighted by atomic mass is 10.0. The van der Waals surface area contributed by atoms with E-state index in [4.69, 9.17) is 16.3 Å². The predicted molar refractivity (Wildman–Crippen MR) is 96.7 cm³/mol. The first-order chi connectivity index (χ1) is 11.5. The lowest BCUT2D eigenvalue weighted by molar-refractivity contribution is -0.118. The van der Waals surface area contributed by atoms with E-state index >= 15 is 0 Å². The number of halogens is 2. The second-order valence-electron chi connectivity index (χ2n) is 5.33. The number of hydrogen-bond acceptors (Lipinski definition) is 3. The van der Waals surface area contributed by atoms with Crippen LogP contribution < -0.4 is 15.4 Å². The molecule has 0 aliphatic carbocycles. The first kappa shape index (κ1) is 16.8. The molecule has 24 heavy (non-hydrogen) atoms. The molecule has 0 bridgehead atoms. The number of carbonyl (C=O) groups is 2. The van der Waals surface area contributed by atoms with Crippen LogP contribution in [-0.2, 0) is 16.0 Å². The Hall–Kier alpha value is -2.05. The lowest BCUT2D eigenvalue weighted by Gasteiger charge is -2.17. The van der Waals surface area contributed by atoms with Crippen LogP contribution in [0.15, 0.2) is 40.9 Å². The van der Waals surface area contributed by atoms with Crippen molar-refractivity contribution >= 4 is 50.7 Å². The first-order valence-electron chi connectivity index (χ1n) is 7.32. The monoisotopic (exact) mass is 408 g/mol. The van der Waals surface area contributed by atoms with Crippen LogP contribution in [0.3, 0.4) is 0 Å². The summed E-state index contributed by atoms with van der Waals surface area (Å²) in [4.78, 5) is 23.3. The van der Waals surface area contributed by atoms with Crippen LogP contribution in [0.5, 0.6) is 5.75 Å². The normalized spacial score (nSPS) is 13.0. The molecule has 1 aliphatic heterocycles. The molecule has 5 nitrogen and oxygen atoms in total. The number of fused-ring (bicyclic) bond motifs is 1. The predicted octanol–water partition coefficient (Wildman–Crippen LogP) is 4.00. The van der Waals surface area contributed by atoms with Gasteiger partial charge in [-0.1, -0.05) is 27.5 Å². The zero-order valence-electron chi connectivity index (χ0n) is 12.6. The number of amides is 2. The summed E-state index contributed by atoms with van der Waals surface area (Å²) in [6.07, 6.45) is 1.12. The summed E-state index contributed by atoms with van der Waals surface area (Å²) in [6.45, 7) is -0.127. The summed E-state index contributed by atoms with van der Waals surface area (Å²) in [5.41, 5.74) is 2.33. The molecular weight excluding hydrogens is 396 g/mol. The standard InChI is InChI=1S/C17H14BrClN2O3/c18-11-2-4-15(13(19)8-11)21-17(23)9-24-12-3-5-14-10(7-12)1-6-16(22)20-14/h2-5,7-8H,1,6,9H2,(H,20,22)(H,21,23). The molecule has 0 saturated heterocycles. The third-order valence-electron chi connectivity index (χ3n) is 3.55. The van der Waals surface area contributed by atoms with Crippen molar-refractivity contribution in [1.29, 1.82) is 0 Å². The Kier molecular flexibility index (Phi) is 5.06. The van der Waals surface area contributed by atoms with Crippen LogP contribution in [0, 0.1) is 0 Å². The minimum Gasteiger partial charge on any atom is -0.484 e. The molecule has 3 rings (SSSR count). The number of rotatable bonds is 4. The quantitative estimate of drug-likeness (QED) is 0.802. The maximum absolute atomic E-state index is 12.0. The highest BCUT2D eigenvalue weighted by Crippen LogP contribution is 2.27. The van der Waals surface area contributed by atoms with E-state index in [0.29, 0.717) is 29.3 Å². The number of nitrogens with one attached hydrogen (secondary N) is 2. The Bertz CT molecular complexity index is 810. The van der Waals surface area contributed by atoms with Crippen molar-refractivity contribution in [2.24, 2.45) is 0 Å². The van der Waals surface area contributed by atoms with Crippen molar-refractivity contribution in [3.8, 4) is 5.75 Å². The van der Waals surface area contributed by atoms with Crippen LogP contribution in [0.2, 0.25) is 5.02 Å². The van der Waals surface area contributed by atoms with Crippen molar-refractivity contribution < 1.29 is 14.3 Å². The fraction of sp³-hybridized carbons (Fsp3) is 0.176. The van der Waals surface area contributed by atoms with Gasteiger partial charge in [0.05, 0.1) is 10.7 Å². The minimum absolute atomic E-state index is 0.0157. The van der Waals surface area contributed by atoms with Gasteiger partial charge in [-0.25, -0.2) is 0 Å². The molecule has 0 unspecified atom stereocenters. The molecular formula is C17H14BrClN2O3. The van der Waals surface area contributed by atoms with Crippen molar-refractivity contribution in [1.82, 2.24) is 0 Å². The van der Waals surface area contributed by atoms with Gasteiger partial charge in [0.2, 0.25) is 5.91 Å². The zero-order chi connectivity index (χ0) is 17.1. The Morgan fingerprint density at radius 2 is 2.08 bits per heavy atom. The third-order valence-corrected chi connectivity index (χ3v) is 4.35. The molecule has 2 N–H and O–H groups in total. The summed E-state index contributed by atoms with van der Waals surface area (Å²) < 4.78 is 6.36. The van der Waals surface area contributed by atoms with Gasteiger partial charge in [0.25, 0.3) is 5.91 Å². The summed E-state index contributed by atoms with van der Waals surface area (Å²) in [5.74, 6) is 0.300. The summed E-state index contributed by atoms with van der Waals surface area (Å²) in [7, 11) is 0. The molecule has 0 spiro atoms. The molecule has 2 aromatic carbocycles. The van der Waals surface area contributed by atoms with Crippen molar-refractivity contribution in [3.63, 3.8) is 0 Å². The Morgan fingerprint density at radius 3 is 2.88 bits per heavy atom. The highest BCUT2D eigenvalue weighted by molar-refractivity contribution is 9.10. The Morgan fingerprint density at radius 1 is 1.25 bits per heavy atom. The Balaban J connectivity index is 1.59. The van der Waals surface area contributed by atoms with Gasteiger partial charge in [0.1, 0.15) is 5.75 Å². The SMILES string of the molecule is O=C(COc1ccc2c(c1)CCC(=O)N2)Nc1ccc(Br)cc1Cl. The fourth-order valence-corrected chi connectivity index (χ4v) is 3.10. The molecule has 1 heterocycles. The second kappa shape index (κ2) is 7.23. The van der Waals surface area contributed by atoms with E-state index in [2.05, 4.69) is 26.6 Å². The number of hydrogen-bond donors (Lipinski definition) is 2. The number of ether oxygens (including phenoxy) is 1. The zero-order valence-corrected chi connectivity index (χ0v) is 14.9. The molecule has 7 heteroatoms. The van der Waals surface area contributed by atoms with Gasteiger partial charge in [0.15, 0.2) is 6.61 Å². The average Bonchev–Trinajstić information content (AvgIpc) is 2.55. The molecule has 0 atom stereocenters. The van der Waals surface area contributed by atoms with E-state index in [9.17, 15) is 9.59 Å². The Labute approximate surface area is 152 Å². The van der Waals surface area contributed by atoms with Crippen molar-refractivity contribution in [2.75, 3.05) is 17.2 Å². The molecule has 124 valence electrons. The van der Waals surface area contributed by atoms with Gasteiger partial charge in [-0.05, 0) is 48.4 Å². The molecule has 0 fully saturated rings. The van der Waals surface area contributed by atoms with Gasteiger partial charge < -0.3 is 15.4 Å².